The molecular weight excluding hydrogens is 666 g/mol. The number of aromatic nitrogens is 2. The van der Waals surface area contributed by atoms with Crippen LogP contribution in [-0.4, -0.2) is 23.6 Å². The molecule has 1 aromatic heterocycles. The summed E-state index contributed by atoms with van der Waals surface area (Å²) >= 11 is 6.33. The number of nitrogens with one attached hydrogen (secondary N) is 2. The molecule has 6 nitrogen and oxygen atoms in total. The Balaban J connectivity index is 1.62. The molecule has 244 valence electrons. The maximum Gasteiger partial charge on any atom is 0.417 e. The normalized spacial score (nSPS) is 12.3. The number of sulfone groups is 1. The van der Waals surface area contributed by atoms with E-state index in [1.54, 1.807) is 12.1 Å². The van der Waals surface area contributed by atoms with E-state index in [0.717, 1.165) is 12.1 Å². The summed E-state index contributed by atoms with van der Waals surface area (Å²) in [5.41, 5.74) is -2.24. The molecule has 5 rings (SSSR count). The van der Waals surface area contributed by atoms with Crippen LogP contribution in [0.25, 0.3) is 22.3 Å². The Kier molecular flexibility index (Phi) is 9.24. The van der Waals surface area contributed by atoms with Crippen LogP contribution in [0, 0.1) is 0 Å². The van der Waals surface area contributed by atoms with E-state index in [2.05, 4.69) is 20.6 Å². The van der Waals surface area contributed by atoms with E-state index in [1.807, 2.05) is 0 Å². The minimum absolute atomic E-state index is 0.00295. The van der Waals surface area contributed by atoms with Crippen LogP contribution < -0.4 is 10.6 Å². The standard InChI is InChI=1S/C33H25ClF6N4O2S/c1-19(2)47(45,46)29-14-8-7-13-28(29)43-30-27(34)18-41-31(44-30)42-22-16-20(23-9-3-5-11-25(23)32(35,36)37)15-21(17-22)24-10-4-6-12-26(24)33(38,39)40/h3-19H,1-2H3,(H2,41,42,43,44). The highest BCUT2D eigenvalue weighted by Gasteiger charge is 2.35. The zero-order valence-electron chi connectivity index (χ0n) is 24.6. The highest BCUT2D eigenvalue weighted by Crippen LogP contribution is 2.42. The summed E-state index contributed by atoms with van der Waals surface area (Å²) < 4.78 is 110. The number of para-hydroxylation sites is 1. The smallest absolute Gasteiger partial charge is 0.338 e. The molecule has 0 aliphatic rings. The molecule has 0 aliphatic heterocycles. The molecule has 0 unspecified atom stereocenters. The summed E-state index contributed by atoms with van der Waals surface area (Å²) in [6.07, 6.45) is -8.28. The van der Waals surface area contributed by atoms with Crippen LogP contribution in [0.2, 0.25) is 5.02 Å². The summed E-state index contributed by atoms with van der Waals surface area (Å²) in [4.78, 5) is 8.45. The van der Waals surface area contributed by atoms with Gasteiger partial charge >= 0.3 is 12.4 Å². The molecule has 0 radical (unpaired) electrons. The van der Waals surface area contributed by atoms with E-state index in [4.69, 9.17) is 11.6 Å². The van der Waals surface area contributed by atoms with E-state index in [-0.39, 0.29) is 55.3 Å². The van der Waals surface area contributed by atoms with Gasteiger partial charge in [0.25, 0.3) is 0 Å². The summed E-state index contributed by atoms with van der Waals surface area (Å²) in [5, 5.41) is 5.04. The van der Waals surface area contributed by atoms with Crippen molar-refractivity contribution in [2.45, 2.75) is 36.3 Å². The third kappa shape index (κ3) is 7.36. The van der Waals surface area contributed by atoms with Crippen LogP contribution in [0.15, 0.2) is 102 Å². The first kappa shape index (κ1) is 33.7. The molecule has 0 saturated carbocycles. The second-order valence-electron chi connectivity index (χ2n) is 10.6. The third-order valence-electron chi connectivity index (χ3n) is 7.09. The first-order valence-corrected chi connectivity index (χ1v) is 15.9. The first-order valence-electron chi connectivity index (χ1n) is 13.9. The number of benzene rings is 4. The lowest BCUT2D eigenvalue weighted by Gasteiger charge is -2.18. The molecule has 14 heteroatoms. The van der Waals surface area contributed by atoms with Gasteiger partial charge in [0.15, 0.2) is 15.7 Å². The van der Waals surface area contributed by atoms with Gasteiger partial charge in [0, 0.05) is 5.69 Å². The van der Waals surface area contributed by atoms with Crippen molar-refractivity contribution in [3.05, 3.63) is 113 Å². The van der Waals surface area contributed by atoms with Crippen molar-refractivity contribution in [3.8, 4) is 22.3 Å². The minimum Gasteiger partial charge on any atom is -0.338 e. The van der Waals surface area contributed by atoms with Gasteiger partial charge in [-0.3, -0.25) is 0 Å². The molecule has 0 atom stereocenters. The second kappa shape index (κ2) is 12.9. The van der Waals surface area contributed by atoms with Crippen molar-refractivity contribution in [1.82, 2.24) is 9.97 Å². The maximum absolute atomic E-state index is 14.0. The van der Waals surface area contributed by atoms with Gasteiger partial charge in [-0.2, -0.15) is 31.3 Å². The average Bonchev–Trinajstić information content (AvgIpc) is 3.02. The summed E-state index contributed by atoms with van der Waals surface area (Å²) in [6, 6.07) is 19.5. The van der Waals surface area contributed by atoms with Gasteiger partial charge in [-0.1, -0.05) is 60.1 Å². The molecule has 0 amide bonds. The Bertz CT molecular complexity index is 1970. The molecule has 1 heterocycles. The molecule has 4 aromatic carbocycles. The van der Waals surface area contributed by atoms with Crippen LogP contribution in [0.1, 0.15) is 25.0 Å². The molecule has 0 bridgehead atoms. The zero-order chi connectivity index (χ0) is 34.1. The Hall–Kier alpha value is -4.62. The fourth-order valence-corrected chi connectivity index (χ4v) is 6.16. The molecule has 0 aliphatic carbocycles. The number of hydrogen-bond donors (Lipinski definition) is 2. The van der Waals surface area contributed by atoms with Gasteiger partial charge in [0.05, 0.1) is 33.2 Å². The largest absolute Gasteiger partial charge is 0.417 e. The van der Waals surface area contributed by atoms with Crippen molar-refractivity contribution in [1.29, 1.82) is 0 Å². The predicted molar refractivity (Wildman–Crippen MR) is 170 cm³/mol. The van der Waals surface area contributed by atoms with Crippen molar-refractivity contribution in [3.63, 3.8) is 0 Å². The van der Waals surface area contributed by atoms with Crippen molar-refractivity contribution < 1.29 is 34.8 Å². The first-order chi connectivity index (χ1) is 22.1. The van der Waals surface area contributed by atoms with Crippen LogP contribution in [0.3, 0.4) is 0 Å². The zero-order valence-corrected chi connectivity index (χ0v) is 26.2. The molecule has 5 aromatic rings. The number of anilines is 4. The highest BCUT2D eigenvalue weighted by molar-refractivity contribution is 7.92. The molecule has 0 spiro atoms. The second-order valence-corrected chi connectivity index (χ2v) is 13.5. The van der Waals surface area contributed by atoms with Crippen LogP contribution in [-0.2, 0) is 22.2 Å². The SMILES string of the molecule is CC(C)S(=O)(=O)c1ccccc1Nc1nc(Nc2cc(-c3ccccc3C(F)(F)F)cc(-c3ccccc3C(F)(F)F)c2)ncc1Cl. The fraction of sp³-hybridized carbons (Fsp3) is 0.152. The fourth-order valence-electron chi connectivity index (χ4n) is 4.82. The van der Waals surface area contributed by atoms with Crippen molar-refractivity contribution in [2.24, 2.45) is 0 Å². The third-order valence-corrected chi connectivity index (χ3v) is 9.57. The average molecular weight is 691 g/mol. The monoisotopic (exact) mass is 690 g/mol. The summed E-state index contributed by atoms with van der Waals surface area (Å²) in [5.74, 6) is -0.130. The van der Waals surface area contributed by atoms with Crippen LogP contribution >= 0.6 is 11.6 Å². The lowest BCUT2D eigenvalue weighted by Crippen LogP contribution is -2.15. The number of rotatable bonds is 8. The van der Waals surface area contributed by atoms with E-state index < -0.39 is 38.6 Å². The van der Waals surface area contributed by atoms with Crippen molar-refractivity contribution >= 4 is 44.6 Å². The number of halogens is 7. The molecule has 0 fully saturated rings. The van der Waals surface area contributed by atoms with E-state index in [1.165, 1.54) is 86.8 Å². The Morgan fingerprint density at radius 2 is 1.23 bits per heavy atom. The lowest BCUT2D eigenvalue weighted by atomic mass is 9.93. The number of alkyl halides is 6. The van der Waals surface area contributed by atoms with Crippen LogP contribution in [0.4, 0.5) is 49.5 Å². The van der Waals surface area contributed by atoms with Crippen molar-refractivity contribution in [2.75, 3.05) is 10.6 Å². The van der Waals surface area contributed by atoms with E-state index in [0.29, 0.717) is 0 Å². The topological polar surface area (TPSA) is 84.0 Å². The summed E-state index contributed by atoms with van der Waals surface area (Å²) in [7, 11) is -3.71. The lowest BCUT2D eigenvalue weighted by molar-refractivity contribution is -0.137. The van der Waals surface area contributed by atoms with Gasteiger partial charge in [-0.05, 0) is 78.6 Å². The Morgan fingerprint density at radius 1 is 0.723 bits per heavy atom. The highest BCUT2D eigenvalue weighted by atomic mass is 35.5. The quantitative estimate of drug-likeness (QED) is 0.158. The number of hydrogen-bond acceptors (Lipinski definition) is 6. The molecular formula is C33H25ClF6N4O2S. The number of nitrogens with zero attached hydrogens (tertiary/aromatic N) is 2. The maximum atomic E-state index is 14.0. The van der Waals surface area contributed by atoms with Gasteiger partial charge < -0.3 is 10.6 Å². The predicted octanol–water partition coefficient (Wildman–Crippen LogP) is 10.2. The summed E-state index contributed by atoms with van der Waals surface area (Å²) in [6.45, 7) is 3.07. The van der Waals surface area contributed by atoms with Gasteiger partial charge in [-0.15, -0.1) is 0 Å². The molecule has 47 heavy (non-hydrogen) atoms. The van der Waals surface area contributed by atoms with E-state index in [9.17, 15) is 34.8 Å². The molecule has 0 saturated heterocycles. The Morgan fingerprint density at radius 3 is 1.77 bits per heavy atom. The van der Waals surface area contributed by atoms with Gasteiger partial charge in [0.2, 0.25) is 5.95 Å². The Labute approximate surface area is 271 Å². The minimum atomic E-state index is -4.75. The van der Waals surface area contributed by atoms with E-state index >= 15 is 0 Å². The van der Waals surface area contributed by atoms with Gasteiger partial charge in [-0.25, -0.2) is 13.4 Å². The van der Waals surface area contributed by atoms with Crippen LogP contribution in [0.5, 0.6) is 0 Å². The molecule has 2 N–H and O–H groups in total. The van der Waals surface area contributed by atoms with Gasteiger partial charge in [0.1, 0.15) is 5.02 Å².